The lowest BCUT2D eigenvalue weighted by Crippen LogP contribution is -2.49. The SMILES string of the molecule is CCN(Cc1cccc(F)c1)C(=O)C(C)N1C(=O)c2ccccc2C1=O. The number of likely N-dealkylation sites (N-methyl/N-ethyl adjacent to an activating group) is 1. The first-order valence-electron chi connectivity index (χ1n) is 8.44. The van der Waals surface area contributed by atoms with Gasteiger partial charge in [-0.25, -0.2) is 4.39 Å². The molecule has 0 bridgehead atoms. The van der Waals surface area contributed by atoms with Crippen LogP contribution in [0.25, 0.3) is 0 Å². The molecule has 2 aromatic rings. The smallest absolute Gasteiger partial charge is 0.262 e. The van der Waals surface area contributed by atoms with Crippen LogP contribution in [0.5, 0.6) is 0 Å². The van der Waals surface area contributed by atoms with E-state index in [1.54, 1.807) is 43.3 Å². The zero-order valence-electron chi connectivity index (χ0n) is 14.6. The molecule has 0 aliphatic carbocycles. The maximum atomic E-state index is 13.4. The Morgan fingerprint density at radius 3 is 2.23 bits per heavy atom. The molecule has 0 spiro atoms. The van der Waals surface area contributed by atoms with Gasteiger partial charge in [0.2, 0.25) is 5.91 Å². The van der Waals surface area contributed by atoms with E-state index in [1.165, 1.54) is 24.0 Å². The second-order valence-corrected chi connectivity index (χ2v) is 6.18. The van der Waals surface area contributed by atoms with Crippen molar-refractivity contribution in [2.75, 3.05) is 6.54 Å². The Labute approximate surface area is 151 Å². The summed E-state index contributed by atoms with van der Waals surface area (Å²) in [5.74, 6) is -1.66. The van der Waals surface area contributed by atoms with Crippen LogP contribution in [-0.4, -0.2) is 40.1 Å². The van der Waals surface area contributed by atoms with Crippen LogP contribution in [0.4, 0.5) is 4.39 Å². The molecule has 6 heteroatoms. The van der Waals surface area contributed by atoms with Gasteiger partial charge in [0.1, 0.15) is 11.9 Å². The lowest BCUT2D eigenvalue weighted by molar-refractivity contribution is -0.135. The fraction of sp³-hybridized carbons (Fsp3) is 0.250. The van der Waals surface area contributed by atoms with Gasteiger partial charge in [0.15, 0.2) is 0 Å². The number of rotatable bonds is 5. The minimum atomic E-state index is -0.934. The summed E-state index contributed by atoms with van der Waals surface area (Å²) in [4.78, 5) is 40.5. The molecule has 2 aromatic carbocycles. The highest BCUT2D eigenvalue weighted by molar-refractivity contribution is 6.22. The third-order valence-corrected chi connectivity index (χ3v) is 4.53. The highest BCUT2D eigenvalue weighted by atomic mass is 19.1. The van der Waals surface area contributed by atoms with Crippen LogP contribution in [0.2, 0.25) is 0 Å². The van der Waals surface area contributed by atoms with Crippen LogP contribution in [-0.2, 0) is 11.3 Å². The molecule has 3 rings (SSSR count). The molecular weight excluding hydrogens is 335 g/mol. The maximum Gasteiger partial charge on any atom is 0.262 e. The molecule has 1 heterocycles. The van der Waals surface area contributed by atoms with Gasteiger partial charge in [-0.05, 0) is 43.7 Å². The Hall–Kier alpha value is -3.02. The normalized spacial score (nSPS) is 14.3. The van der Waals surface area contributed by atoms with Gasteiger partial charge in [-0.15, -0.1) is 0 Å². The lowest BCUT2D eigenvalue weighted by Gasteiger charge is -2.28. The summed E-state index contributed by atoms with van der Waals surface area (Å²) in [5, 5.41) is 0. The van der Waals surface area contributed by atoms with Gasteiger partial charge < -0.3 is 4.90 Å². The molecule has 0 fully saturated rings. The minimum Gasteiger partial charge on any atom is -0.337 e. The Kier molecular flexibility index (Phi) is 4.84. The molecule has 1 aliphatic rings. The molecule has 0 N–H and O–H groups in total. The summed E-state index contributed by atoms with van der Waals surface area (Å²) in [7, 11) is 0. The van der Waals surface area contributed by atoms with Crippen LogP contribution < -0.4 is 0 Å². The highest BCUT2D eigenvalue weighted by Gasteiger charge is 2.41. The van der Waals surface area contributed by atoms with E-state index in [1.807, 2.05) is 0 Å². The molecule has 0 aromatic heterocycles. The van der Waals surface area contributed by atoms with Crippen molar-refractivity contribution in [3.05, 3.63) is 71.0 Å². The molecule has 0 saturated heterocycles. The number of hydrogen-bond acceptors (Lipinski definition) is 3. The molecule has 134 valence electrons. The molecule has 3 amide bonds. The topological polar surface area (TPSA) is 57.7 Å². The van der Waals surface area contributed by atoms with Crippen LogP contribution in [0.3, 0.4) is 0 Å². The first-order valence-corrected chi connectivity index (χ1v) is 8.44. The van der Waals surface area contributed by atoms with Crippen molar-refractivity contribution < 1.29 is 18.8 Å². The van der Waals surface area contributed by atoms with E-state index in [4.69, 9.17) is 0 Å². The number of hydrogen-bond donors (Lipinski definition) is 0. The predicted octanol–water partition coefficient (Wildman–Crippen LogP) is 2.86. The molecule has 26 heavy (non-hydrogen) atoms. The van der Waals surface area contributed by atoms with E-state index in [9.17, 15) is 18.8 Å². The number of nitrogens with zero attached hydrogens (tertiary/aromatic N) is 2. The van der Waals surface area contributed by atoms with Gasteiger partial charge in [0, 0.05) is 13.1 Å². The standard InChI is InChI=1S/C20H19FN2O3/c1-3-22(12-14-7-6-8-15(21)11-14)18(24)13(2)23-19(25)16-9-4-5-10-17(16)20(23)26/h4-11,13H,3,12H2,1-2H3. The largest absolute Gasteiger partial charge is 0.337 e. The molecule has 5 nitrogen and oxygen atoms in total. The van der Waals surface area contributed by atoms with E-state index in [2.05, 4.69) is 0 Å². The van der Waals surface area contributed by atoms with Gasteiger partial charge in [-0.2, -0.15) is 0 Å². The average Bonchev–Trinajstić information content (AvgIpc) is 2.90. The van der Waals surface area contributed by atoms with E-state index < -0.39 is 17.9 Å². The van der Waals surface area contributed by atoms with Gasteiger partial charge in [-0.1, -0.05) is 24.3 Å². The van der Waals surface area contributed by atoms with Crippen molar-refractivity contribution in [3.63, 3.8) is 0 Å². The van der Waals surface area contributed by atoms with Gasteiger partial charge >= 0.3 is 0 Å². The van der Waals surface area contributed by atoms with Crippen molar-refractivity contribution >= 4 is 17.7 Å². The van der Waals surface area contributed by atoms with E-state index >= 15 is 0 Å². The molecule has 1 aliphatic heterocycles. The number of carbonyl (C=O) groups is 3. The van der Waals surface area contributed by atoms with Crippen molar-refractivity contribution in [3.8, 4) is 0 Å². The monoisotopic (exact) mass is 354 g/mol. The van der Waals surface area contributed by atoms with Crippen LogP contribution in [0.15, 0.2) is 48.5 Å². The van der Waals surface area contributed by atoms with E-state index in [-0.39, 0.29) is 18.3 Å². The Balaban J connectivity index is 1.80. The summed E-state index contributed by atoms with van der Waals surface area (Å²) in [6, 6.07) is 11.6. The van der Waals surface area contributed by atoms with Crippen molar-refractivity contribution in [2.45, 2.75) is 26.4 Å². The molecule has 1 atom stereocenters. The molecule has 1 unspecified atom stereocenters. The first-order chi connectivity index (χ1) is 12.4. The van der Waals surface area contributed by atoms with Crippen molar-refractivity contribution in [1.29, 1.82) is 0 Å². The first kappa shape index (κ1) is 17.8. The van der Waals surface area contributed by atoms with E-state index in [0.29, 0.717) is 23.2 Å². The number of imide groups is 1. The third kappa shape index (κ3) is 3.10. The predicted molar refractivity (Wildman–Crippen MR) is 93.9 cm³/mol. The Bertz CT molecular complexity index is 846. The fourth-order valence-corrected chi connectivity index (χ4v) is 3.14. The number of carbonyl (C=O) groups excluding carboxylic acids is 3. The van der Waals surface area contributed by atoms with Crippen molar-refractivity contribution in [1.82, 2.24) is 9.80 Å². The van der Waals surface area contributed by atoms with Gasteiger partial charge in [0.25, 0.3) is 11.8 Å². The fourth-order valence-electron chi connectivity index (χ4n) is 3.14. The molecular formula is C20H19FN2O3. The van der Waals surface area contributed by atoms with Crippen LogP contribution in [0, 0.1) is 5.82 Å². The number of amides is 3. The summed E-state index contributed by atoms with van der Waals surface area (Å²) in [5.41, 5.74) is 1.27. The molecule has 0 radical (unpaired) electrons. The average molecular weight is 354 g/mol. The van der Waals surface area contributed by atoms with Crippen molar-refractivity contribution in [2.24, 2.45) is 0 Å². The third-order valence-electron chi connectivity index (χ3n) is 4.53. The number of fused-ring (bicyclic) bond motifs is 1. The Morgan fingerprint density at radius 2 is 1.69 bits per heavy atom. The lowest BCUT2D eigenvalue weighted by atomic mass is 10.1. The summed E-state index contributed by atoms with van der Waals surface area (Å²) in [6.45, 7) is 3.92. The quantitative estimate of drug-likeness (QED) is 0.776. The number of halogens is 1. The second-order valence-electron chi connectivity index (χ2n) is 6.18. The Morgan fingerprint density at radius 1 is 1.08 bits per heavy atom. The maximum absolute atomic E-state index is 13.4. The second kappa shape index (κ2) is 7.07. The van der Waals surface area contributed by atoms with E-state index in [0.717, 1.165) is 4.90 Å². The molecule has 0 saturated carbocycles. The zero-order chi connectivity index (χ0) is 18.8. The van der Waals surface area contributed by atoms with Gasteiger partial charge in [0.05, 0.1) is 11.1 Å². The van der Waals surface area contributed by atoms with Crippen LogP contribution in [0.1, 0.15) is 40.1 Å². The minimum absolute atomic E-state index is 0.209. The summed E-state index contributed by atoms with van der Waals surface area (Å²) in [6.07, 6.45) is 0. The summed E-state index contributed by atoms with van der Waals surface area (Å²) < 4.78 is 13.4. The number of benzene rings is 2. The van der Waals surface area contributed by atoms with Gasteiger partial charge in [-0.3, -0.25) is 19.3 Å². The highest BCUT2D eigenvalue weighted by Crippen LogP contribution is 2.25. The van der Waals surface area contributed by atoms with Crippen LogP contribution >= 0.6 is 0 Å². The zero-order valence-corrected chi connectivity index (χ0v) is 14.6. The summed E-state index contributed by atoms with van der Waals surface area (Å²) >= 11 is 0.